The van der Waals surface area contributed by atoms with Crippen molar-refractivity contribution in [2.45, 2.75) is 0 Å². The molecule has 94 valence electrons. The maximum absolute atomic E-state index is 13.7. The fourth-order valence-electron chi connectivity index (χ4n) is 1.85. The van der Waals surface area contributed by atoms with Crippen LogP contribution in [0.1, 0.15) is 10.4 Å². The monoisotopic (exact) mass is 257 g/mol. The number of hydrogen-bond donors (Lipinski definition) is 1. The number of rotatable bonds is 2. The average molecular weight is 257 g/mol. The van der Waals surface area contributed by atoms with Crippen molar-refractivity contribution in [3.8, 4) is 5.69 Å². The molecule has 3 aromatic rings. The van der Waals surface area contributed by atoms with Crippen LogP contribution in [0.25, 0.3) is 16.7 Å². The molecule has 0 aliphatic heterocycles. The van der Waals surface area contributed by atoms with Gasteiger partial charge in [0.05, 0.1) is 11.1 Å². The Morgan fingerprint density at radius 2 is 2.00 bits per heavy atom. The molecule has 2 aromatic carbocycles. The highest BCUT2D eigenvalue weighted by atomic mass is 19.1. The number of benzene rings is 2. The molecule has 1 N–H and O–H groups in total. The van der Waals surface area contributed by atoms with E-state index < -0.39 is 11.8 Å². The smallest absolute Gasteiger partial charge is 0.335 e. The van der Waals surface area contributed by atoms with Crippen LogP contribution in [-0.4, -0.2) is 26.1 Å². The van der Waals surface area contributed by atoms with Crippen molar-refractivity contribution in [3.63, 3.8) is 0 Å². The standard InChI is InChI=1S/C13H8FN3O2/c14-9-3-1-2-4-11(9)17-12-7-8(13(18)19)5-6-10(12)15-16-17/h1-7H,(H,18,19). The van der Waals surface area contributed by atoms with Crippen LogP contribution in [0.5, 0.6) is 0 Å². The third-order valence-electron chi connectivity index (χ3n) is 2.77. The van der Waals surface area contributed by atoms with Gasteiger partial charge in [0.1, 0.15) is 17.0 Å². The number of aromatic carboxylic acids is 1. The minimum absolute atomic E-state index is 0.104. The topological polar surface area (TPSA) is 68.0 Å². The normalized spacial score (nSPS) is 10.8. The number of carboxylic acids is 1. The van der Waals surface area contributed by atoms with E-state index in [-0.39, 0.29) is 11.3 Å². The van der Waals surface area contributed by atoms with Gasteiger partial charge in [0, 0.05) is 0 Å². The fourth-order valence-corrected chi connectivity index (χ4v) is 1.85. The Labute approximate surface area is 106 Å². The van der Waals surface area contributed by atoms with Gasteiger partial charge >= 0.3 is 5.97 Å². The number of nitrogens with zero attached hydrogens (tertiary/aromatic N) is 3. The molecule has 0 spiro atoms. The van der Waals surface area contributed by atoms with Crippen LogP contribution in [0.4, 0.5) is 4.39 Å². The minimum Gasteiger partial charge on any atom is -0.478 e. The van der Waals surface area contributed by atoms with Crippen molar-refractivity contribution in [3.05, 3.63) is 53.8 Å². The van der Waals surface area contributed by atoms with E-state index in [1.165, 1.54) is 22.9 Å². The van der Waals surface area contributed by atoms with Crippen LogP contribution < -0.4 is 0 Å². The molecule has 0 bridgehead atoms. The Kier molecular flexibility index (Phi) is 2.49. The van der Waals surface area contributed by atoms with Crippen molar-refractivity contribution in [1.29, 1.82) is 0 Å². The zero-order valence-corrected chi connectivity index (χ0v) is 9.62. The van der Waals surface area contributed by atoms with Crippen LogP contribution in [0.2, 0.25) is 0 Å². The van der Waals surface area contributed by atoms with Gasteiger partial charge in [0.25, 0.3) is 0 Å². The van der Waals surface area contributed by atoms with Gasteiger partial charge in [-0.2, -0.15) is 0 Å². The summed E-state index contributed by atoms with van der Waals surface area (Å²) in [5, 5.41) is 16.7. The van der Waals surface area contributed by atoms with Crippen LogP contribution in [0, 0.1) is 5.82 Å². The molecule has 1 heterocycles. The van der Waals surface area contributed by atoms with Crippen molar-refractivity contribution in [1.82, 2.24) is 15.0 Å². The second-order valence-electron chi connectivity index (χ2n) is 3.96. The van der Waals surface area contributed by atoms with Crippen molar-refractivity contribution in [2.75, 3.05) is 0 Å². The maximum atomic E-state index is 13.7. The van der Waals surface area contributed by atoms with E-state index in [1.54, 1.807) is 24.3 Å². The molecule has 19 heavy (non-hydrogen) atoms. The summed E-state index contributed by atoms with van der Waals surface area (Å²) in [6, 6.07) is 10.5. The van der Waals surface area contributed by atoms with Gasteiger partial charge in [-0.3, -0.25) is 0 Å². The Morgan fingerprint density at radius 3 is 2.74 bits per heavy atom. The molecule has 0 atom stereocenters. The molecular weight excluding hydrogens is 249 g/mol. The van der Waals surface area contributed by atoms with Gasteiger partial charge in [-0.05, 0) is 30.3 Å². The molecule has 0 aliphatic carbocycles. The lowest BCUT2D eigenvalue weighted by Gasteiger charge is -2.03. The zero-order chi connectivity index (χ0) is 13.4. The van der Waals surface area contributed by atoms with Crippen molar-refractivity contribution >= 4 is 17.0 Å². The Hall–Kier alpha value is -2.76. The number of fused-ring (bicyclic) bond motifs is 1. The molecule has 0 unspecified atom stereocenters. The van der Waals surface area contributed by atoms with Gasteiger partial charge in [0.15, 0.2) is 0 Å². The summed E-state index contributed by atoms with van der Waals surface area (Å²) in [6.45, 7) is 0. The molecule has 3 rings (SSSR count). The first-order chi connectivity index (χ1) is 9.16. The highest BCUT2D eigenvalue weighted by molar-refractivity contribution is 5.92. The van der Waals surface area contributed by atoms with E-state index in [9.17, 15) is 9.18 Å². The van der Waals surface area contributed by atoms with E-state index in [0.717, 1.165) is 0 Å². The highest BCUT2D eigenvalue weighted by Gasteiger charge is 2.12. The fraction of sp³-hybridized carbons (Fsp3) is 0. The lowest BCUT2D eigenvalue weighted by atomic mass is 10.2. The third-order valence-corrected chi connectivity index (χ3v) is 2.77. The first kappa shape index (κ1) is 11.3. The molecule has 0 amide bonds. The van der Waals surface area contributed by atoms with E-state index >= 15 is 0 Å². The molecule has 5 nitrogen and oxygen atoms in total. The molecule has 0 saturated heterocycles. The number of aromatic nitrogens is 3. The number of para-hydroxylation sites is 1. The van der Waals surface area contributed by atoms with Gasteiger partial charge in [-0.1, -0.05) is 17.3 Å². The van der Waals surface area contributed by atoms with Gasteiger partial charge in [-0.15, -0.1) is 5.10 Å². The summed E-state index contributed by atoms with van der Waals surface area (Å²) >= 11 is 0. The highest BCUT2D eigenvalue weighted by Crippen LogP contribution is 2.19. The summed E-state index contributed by atoms with van der Waals surface area (Å²) in [4.78, 5) is 11.0. The van der Waals surface area contributed by atoms with Gasteiger partial charge in [0.2, 0.25) is 0 Å². The average Bonchev–Trinajstić information content (AvgIpc) is 2.82. The minimum atomic E-state index is -1.05. The van der Waals surface area contributed by atoms with E-state index in [2.05, 4.69) is 10.3 Å². The first-order valence-electron chi connectivity index (χ1n) is 5.50. The lowest BCUT2D eigenvalue weighted by Crippen LogP contribution is -2.01. The molecule has 0 radical (unpaired) electrons. The summed E-state index contributed by atoms with van der Waals surface area (Å²) in [5.41, 5.74) is 1.29. The van der Waals surface area contributed by atoms with Crippen LogP contribution in [0.15, 0.2) is 42.5 Å². The molecule has 0 fully saturated rings. The van der Waals surface area contributed by atoms with Crippen LogP contribution in [0.3, 0.4) is 0 Å². The Bertz CT molecular complexity index is 782. The van der Waals surface area contributed by atoms with E-state index in [1.807, 2.05) is 0 Å². The van der Waals surface area contributed by atoms with E-state index in [4.69, 9.17) is 5.11 Å². The largest absolute Gasteiger partial charge is 0.478 e. The summed E-state index contributed by atoms with van der Waals surface area (Å²) < 4.78 is 15.0. The third kappa shape index (κ3) is 1.83. The predicted molar refractivity (Wildman–Crippen MR) is 65.8 cm³/mol. The summed E-state index contributed by atoms with van der Waals surface area (Å²) in [6.07, 6.45) is 0. The zero-order valence-electron chi connectivity index (χ0n) is 9.62. The van der Waals surface area contributed by atoms with Crippen molar-refractivity contribution < 1.29 is 14.3 Å². The lowest BCUT2D eigenvalue weighted by molar-refractivity contribution is 0.0697. The predicted octanol–water partition coefficient (Wildman–Crippen LogP) is 2.26. The summed E-state index contributed by atoms with van der Waals surface area (Å²) in [5.74, 6) is -1.50. The molecular formula is C13H8FN3O2. The van der Waals surface area contributed by atoms with Gasteiger partial charge in [-0.25, -0.2) is 13.9 Å². The van der Waals surface area contributed by atoms with E-state index in [0.29, 0.717) is 11.0 Å². The molecule has 0 saturated carbocycles. The number of halogens is 1. The van der Waals surface area contributed by atoms with Crippen LogP contribution >= 0.6 is 0 Å². The maximum Gasteiger partial charge on any atom is 0.335 e. The Morgan fingerprint density at radius 1 is 1.21 bits per heavy atom. The second-order valence-corrected chi connectivity index (χ2v) is 3.96. The molecule has 6 heteroatoms. The van der Waals surface area contributed by atoms with Gasteiger partial charge < -0.3 is 5.11 Å². The van der Waals surface area contributed by atoms with Crippen LogP contribution in [-0.2, 0) is 0 Å². The quantitative estimate of drug-likeness (QED) is 0.764. The Balaban J connectivity index is 2.27. The first-order valence-corrected chi connectivity index (χ1v) is 5.50. The second kappa shape index (κ2) is 4.16. The SMILES string of the molecule is O=C(O)c1ccc2nnn(-c3ccccc3F)c2c1. The summed E-state index contributed by atoms with van der Waals surface area (Å²) in [7, 11) is 0. The number of carboxylic acid groups (broad SMARTS) is 1. The molecule has 0 aliphatic rings. The number of hydrogen-bond acceptors (Lipinski definition) is 3. The van der Waals surface area contributed by atoms with Crippen molar-refractivity contribution in [2.24, 2.45) is 0 Å². The number of carbonyl (C=O) groups is 1. The molecule has 1 aromatic heterocycles.